The minimum absolute atomic E-state index is 0.0717. The van der Waals surface area contributed by atoms with Crippen LogP contribution in [0.3, 0.4) is 0 Å². The molecule has 6 rings (SSSR count). The zero-order chi connectivity index (χ0) is 24.0. The minimum atomic E-state index is 0.0717. The Balaban J connectivity index is 1.41. The zero-order valence-electron chi connectivity index (χ0n) is 20.4. The van der Waals surface area contributed by atoms with Gasteiger partial charge in [0.25, 0.3) is 0 Å². The molecule has 0 aliphatic carbocycles. The fourth-order valence-corrected chi connectivity index (χ4v) is 4.79. The van der Waals surface area contributed by atoms with Crippen molar-refractivity contribution in [2.45, 2.75) is 26.2 Å². The summed E-state index contributed by atoms with van der Waals surface area (Å²) in [5.74, 6) is 0. The Bertz CT molecular complexity index is 1650. The monoisotopic (exact) mass is 452 g/mol. The second-order valence-corrected chi connectivity index (χ2v) is 10.3. The molecule has 0 saturated carbocycles. The molecule has 35 heavy (non-hydrogen) atoms. The van der Waals surface area contributed by atoms with Crippen LogP contribution in [0.25, 0.3) is 55.3 Å². The van der Waals surface area contributed by atoms with E-state index in [1.54, 1.807) is 0 Å². The van der Waals surface area contributed by atoms with E-state index in [4.69, 9.17) is 4.42 Å². The summed E-state index contributed by atoms with van der Waals surface area (Å²) in [5, 5.41) is 2.32. The average molecular weight is 453 g/mol. The second-order valence-electron chi connectivity index (χ2n) is 10.3. The molecule has 170 valence electrons. The van der Waals surface area contributed by atoms with E-state index in [0.29, 0.717) is 0 Å². The number of furan rings is 1. The summed E-state index contributed by atoms with van der Waals surface area (Å²) in [4.78, 5) is 0. The highest BCUT2D eigenvalue weighted by Crippen LogP contribution is 2.35. The Labute approximate surface area is 206 Å². The molecule has 6 aromatic rings. The lowest BCUT2D eigenvalue weighted by atomic mass is 9.83. The third kappa shape index (κ3) is 4.04. The molecule has 0 bridgehead atoms. The molecule has 0 saturated heterocycles. The first-order valence-electron chi connectivity index (χ1n) is 12.2. The predicted molar refractivity (Wildman–Crippen MR) is 149 cm³/mol. The van der Waals surface area contributed by atoms with Crippen LogP contribution < -0.4 is 0 Å². The summed E-state index contributed by atoms with van der Waals surface area (Å²) in [6, 6.07) is 41.3. The first-order valence-corrected chi connectivity index (χ1v) is 12.2. The van der Waals surface area contributed by atoms with E-state index in [9.17, 15) is 0 Å². The Morgan fingerprint density at radius 1 is 0.429 bits per heavy atom. The van der Waals surface area contributed by atoms with Crippen molar-refractivity contribution >= 4 is 21.9 Å². The Hall–Kier alpha value is -4.10. The summed E-state index contributed by atoms with van der Waals surface area (Å²) in [6.07, 6.45) is 0. The van der Waals surface area contributed by atoms with Crippen molar-refractivity contribution in [1.29, 1.82) is 0 Å². The molecule has 0 aliphatic heterocycles. The summed E-state index contributed by atoms with van der Waals surface area (Å²) < 4.78 is 6.01. The maximum Gasteiger partial charge on any atom is 0.135 e. The predicted octanol–water partition coefficient (Wildman–Crippen LogP) is 9.88. The third-order valence-electron chi connectivity index (χ3n) is 6.83. The number of fused-ring (bicyclic) bond motifs is 3. The average Bonchev–Trinajstić information content (AvgIpc) is 3.26. The van der Waals surface area contributed by atoms with E-state index in [-0.39, 0.29) is 5.41 Å². The van der Waals surface area contributed by atoms with Crippen LogP contribution in [-0.2, 0) is 5.41 Å². The molecular formula is C34H28O. The Kier molecular flexibility index (Phi) is 5.07. The van der Waals surface area contributed by atoms with Gasteiger partial charge in [0.1, 0.15) is 11.2 Å². The molecule has 0 atom stereocenters. The van der Waals surface area contributed by atoms with Crippen LogP contribution in [0.2, 0.25) is 0 Å². The van der Waals surface area contributed by atoms with Gasteiger partial charge in [-0.25, -0.2) is 0 Å². The number of hydrogen-bond donors (Lipinski definition) is 0. The fourth-order valence-electron chi connectivity index (χ4n) is 4.79. The molecule has 0 radical (unpaired) electrons. The third-order valence-corrected chi connectivity index (χ3v) is 6.83. The zero-order valence-corrected chi connectivity index (χ0v) is 20.4. The van der Waals surface area contributed by atoms with E-state index >= 15 is 0 Å². The molecule has 1 heterocycles. The smallest absolute Gasteiger partial charge is 0.135 e. The molecule has 1 aromatic heterocycles. The number of benzene rings is 5. The first-order chi connectivity index (χ1) is 17.0. The summed E-state index contributed by atoms with van der Waals surface area (Å²) in [5.41, 5.74) is 10.7. The highest BCUT2D eigenvalue weighted by atomic mass is 16.3. The summed E-state index contributed by atoms with van der Waals surface area (Å²) in [7, 11) is 0. The number of rotatable bonds is 3. The van der Waals surface area contributed by atoms with Crippen LogP contribution in [-0.4, -0.2) is 0 Å². The van der Waals surface area contributed by atoms with E-state index < -0.39 is 0 Å². The van der Waals surface area contributed by atoms with Gasteiger partial charge in [-0.2, -0.15) is 0 Å². The molecular weight excluding hydrogens is 424 g/mol. The van der Waals surface area contributed by atoms with Gasteiger partial charge < -0.3 is 4.42 Å². The van der Waals surface area contributed by atoms with Crippen LogP contribution in [0.4, 0.5) is 0 Å². The van der Waals surface area contributed by atoms with Gasteiger partial charge >= 0.3 is 0 Å². The van der Waals surface area contributed by atoms with E-state index in [0.717, 1.165) is 21.9 Å². The molecule has 0 amide bonds. The SMILES string of the molecule is CC(C)(C)c1cc(-c2ccccc2)cc(-c2ccc(-c3ccc4oc5ccccc5c4c3)cc2)c1. The van der Waals surface area contributed by atoms with Gasteiger partial charge in [-0.15, -0.1) is 0 Å². The van der Waals surface area contributed by atoms with Crippen molar-refractivity contribution < 1.29 is 4.42 Å². The lowest BCUT2D eigenvalue weighted by Crippen LogP contribution is -2.11. The van der Waals surface area contributed by atoms with Gasteiger partial charge in [-0.05, 0) is 68.6 Å². The summed E-state index contributed by atoms with van der Waals surface area (Å²) in [6.45, 7) is 6.83. The van der Waals surface area contributed by atoms with Crippen LogP contribution in [0.15, 0.2) is 120 Å². The minimum Gasteiger partial charge on any atom is -0.456 e. The topological polar surface area (TPSA) is 13.1 Å². The van der Waals surface area contributed by atoms with Gasteiger partial charge in [-0.3, -0.25) is 0 Å². The molecule has 0 spiro atoms. The van der Waals surface area contributed by atoms with Crippen molar-refractivity contribution in [3.63, 3.8) is 0 Å². The van der Waals surface area contributed by atoms with Crippen molar-refractivity contribution in [1.82, 2.24) is 0 Å². The Morgan fingerprint density at radius 3 is 1.66 bits per heavy atom. The molecule has 5 aromatic carbocycles. The molecule has 0 N–H and O–H groups in total. The van der Waals surface area contributed by atoms with Crippen molar-refractivity contribution in [2.24, 2.45) is 0 Å². The second kappa shape index (κ2) is 8.29. The van der Waals surface area contributed by atoms with Crippen LogP contribution in [0.5, 0.6) is 0 Å². The van der Waals surface area contributed by atoms with Gasteiger partial charge in [-0.1, -0.05) is 112 Å². The highest BCUT2D eigenvalue weighted by Gasteiger charge is 2.17. The van der Waals surface area contributed by atoms with Crippen LogP contribution >= 0.6 is 0 Å². The Morgan fingerprint density at radius 2 is 0.971 bits per heavy atom. The van der Waals surface area contributed by atoms with E-state index in [1.807, 2.05) is 12.1 Å². The van der Waals surface area contributed by atoms with Crippen LogP contribution in [0.1, 0.15) is 26.3 Å². The van der Waals surface area contributed by atoms with Crippen molar-refractivity contribution in [3.8, 4) is 33.4 Å². The van der Waals surface area contributed by atoms with Gasteiger partial charge in [0.2, 0.25) is 0 Å². The van der Waals surface area contributed by atoms with Crippen LogP contribution in [0, 0.1) is 0 Å². The number of para-hydroxylation sites is 1. The largest absolute Gasteiger partial charge is 0.456 e. The number of hydrogen-bond acceptors (Lipinski definition) is 1. The van der Waals surface area contributed by atoms with Crippen molar-refractivity contribution in [2.75, 3.05) is 0 Å². The quantitative estimate of drug-likeness (QED) is 0.260. The molecule has 1 nitrogen and oxygen atoms in total. The lowest BCUT2D eigenvalue weighted by molar-refractivity contribution is 0.590. The first kappa shape index (κ1) is 21.4. The maximum atomic E-state index is 6.01. The maximum absolute atomic E-state index is 6.01. The molecule has 0 aliphatic rings. The van der Waals surface area contributed by atoms with Gasteiger partial charge in [0.15, 0.2) is 0 Å². The molecule has 0 fully saturated rings. The highest BCUT2D eigenvalue weighted by molar-refractivity contribution is 6.06. The normalized spacial score (nSPS) is 11.9. The van der Waals surface area contributed by atoms with Gasteiger partial charge in [0.05, 0.1) is 0 Å². The van der Waals surface area contributed by atoms with Crippen molar-refractivity contribution in [3.05, 3.63) is 121 Å². The molecule has 1 heteroatoms. The lowest BCUT2D eigenvalue weighted by Gasteiger charge is -2.22. The fraction of sp³-hybridized carbons (Fsp3) is 0.118. The van der Waals surface area contributed by atoms with E-state index in [2.05, 4.69) is 124 Å². The van der Waals surface area contributed by atoms with E-state index in [1.165, 1.54) is 38.9 Å². The summed E-state index contributed by atoms with van der Waals surface area (Å²) >= 11 is 0. The molecule has 0 unspecified atom stereocenters. The standard InChI is InChI=1S/C34H28O/c1-34(2,3)29-20-27(23-9-5-4-6-10-23)19-28(21-29)25-15-13-24(14-16-25)26-17-18-33-31(22-26)30-11-7-8-12-32(30)35-33/h4-22H,1-3H3. The van der Waals surface area contributed by atoms with Gasteiger partial charge in [0, 0.05) is 10.8 Å².